The van der Waals surface area contributed by atoms with E-state index in [0.29, 0.717) is 30.7 Å². The molecule has 0 aliphatic carbocycles. The lowest BCUT2D eigenvalue weighted by Crippen LogP contribution is -2.37. The topological polar surface area (TPSA) is 29.5 Å². The van der Waals surface area contributed by atoms with Gasteiger partial charge < -0.3 is 9.64 Å². The first-order chi connectivity index (χ1) is 13.6. The van der Waals surface area contributed by atoms with Crippen LogP contribution in [0.3, 0.4) is 0 Å². The Kier molecular flexibility index (Phi) is 5.11. The van der Waals surface area contributed by atoms with E-state index in [1.807, 2.05) is 30.3 Å². The molecular formula is C24H22FNO2. The van der Waals surface area contributed by atoms with Gasteiger partial charge in [-0.05, 0) is 37.1 Å². The largest absolute Gasteiger partial charge is 0.489 e. The van der Waals surface area contributed by atoms with Crippen molar-refractivity contribution in [2.24, 2.45) is 0 Å². The molecule has 142 valence electrons. The van der Waals surface area contributed by atoms with Crippen molar-refractivity contribution >= 4 is 5.91 Å². The molecule has 3 nitrogen and oxygen atoms in total. The summed E-state index contributed by atoms with van der Waals surface area (Å²) in [5.74, 6) is 0.388. The zero-order chi connectivity index (χ0) is 19.5. The molecule has 0 N–H and O–H groups in total. The van der Waals surface area contributed by atoms with E-state index < -0.39 is 0 Å². The average molecular weight is 375 g/mol. The van der Waals surface area contributed by atoms with Gasteiger partial charge in [0, 0.05) is 29.8 Å². The maximum absolute atomic E-state index is 14.0. The summed E-state index contributed by atoms with van der Waals surface area (Å²) in [4.78, 5) is 14.6. The second kappa shape index (κ2) is 7.85. The molecule has 0 radical (unpaired) electrons. The summed E-state index contributed by atoms with van der Waals surface area (Å²) >= 11 is 0. The van der Waals surface area contributed by atoms with Crippen molar-refractivity contribution in [3.05, 3.63) is 100 Å². The number of carbonyl (C=O) groups excluding carboxylic acids is 1. The second-order valence-electron chi connectivity index (χ2n) is 7.12. The second-order valence-corrected chi connectivity index (χ2v) is 7.12. The van der Waals surface area contributed by atoms with E-state index in [9.17, 15) is 9.18 Å². The normalized spacial score (nSPS) is 13.4. The summed E-state index contributed by atoms with van der Waals surface area (Å²) < 4.78 is 20.0. The van der Waals surface area contributed by atoms with Gasteiger partial charge in [-0.2, -0.15) is 0 Å². The number of rotatable bonds is 5. The molecule has 0 spiro atoms. The highest BCUT2D eigenvalue weighted by atomic mass is 19.1. The summed E-state index contributed by atoms with van der Waals surface area (Å²) in [7, 11) is 0. The molecule has 28 heavy (non-hydrogen) atoms. The number of carbonyl (C=O) groups is 1. The monoisotopic (exact) mass is 375 g/mol. The number of ether oxygens (including phenoxy) is 1. The third-order valence-corrected chi connectivity index (χ3v) is 5.12. The number of hydrogen-bond acceptors (Lipinski definition) is 2. The summed E-state index contributed by atoms with van der Waals surface area (Å²) in [6.07, 6.45) is 0.694. The summed E-state index contributed by atoms with van der Waals surface area (Å²) in [5, 5.41) is 0. The molecule has 1 amide bonds. The van der Waals surface area contributed by atoms with Gasteiger partial charge in [-0.1, -0.05) is 54.1 Å². The van der Waals surface area contributed by atoms with E-state index in [0.717, 1.165) is 16.9 Å². The van der Waals surface area contributed by atoms with Crippen LogP contribution in [0.5, 0.6) is 5.75 Å². The number of amides is 1. The molecular weight excluding hydrogens is 353 g/mol. The number of nitrogens with zero attached hydrogens (tertiary/aromatic N) is 1. The highest BCUT2D eigenvalue weighted by Crippen LogP contribution is 2.29. The molecule has 0 saturated carbocycles. The smallest absolute Gasteiger partial charge is 0.254 e. The maximum Gasteiger partial charge on any atom is 0.254 e. The van der Waals surface area contributed by atoms with Crippen molar-refractivity contribution in [1.82, 2.24) is 4.90 Å². The minimum atomic E-state index is -0.281. The minimum Gasteiger partial charge on any atom is -0.489 e. The van der Waals surface area contributed by atoms with Crippen LogP contribution in [0.2, 0.25) is 0 Å². The molecule has 1 heterocycles. The Bertz CT molecular complexity index is 998. The minimum absolute atomic E-state index is 0.0784. The van der Waals surface area contributed by atoms with Crippen molar-refractivity contribution in [3.8, 4) is 5.75 Å². The van der Waals surface area contributed by atoms with Crippen LogP contribution in [0.4, 0.5) is 4.39 Å². The van der Waals surface area contributed by atoms with Crippen molar-refractivity contribution in [1.29, 1.82) is 0 Å². The van der Waals surface area contributed by atoms with Gasteiger partial charge in [0.2, 0.25) is 0 Å². The molecule has 4 rings (SSSR count). The standard InChI is InChI=1S/C24H22FNO2/c1-17-9-11-18(12-10-17)16-28-23-8-4-6-21-20(23)13-14-26(24(21)27)15-19-5-2-3-7-22(19)25/h2-12H,13-16H2,1H3. The molecule has 3 aromatic carbocycles. The van der Waals surface area contributed by atoms with Gasteiger partial charge in [0.15, 0.2) is 0 Å². The summed E-state index contributed by atoms with van der Waals surface area (Å²) in [6, 6.07) is 20.4. The lowest BCUT2D eigenvalue weighted by atomic mass is 9.97. The first-order valence-corrected chi connectivity index (χ1v) is 9.45. The molecule has 0 bridgehead atoms. The van der Waals surface area contributed by atoms with Crippen LogP contribution in [0, 0.1) is 12.7 Å². The van der Waals surface area contributed by atoms with Crippen molar-refractivity contribution in [2.45, 2.75) is 26.5 Å². The zero-order valence-electron chi connectivity index (χ0n) is 15.8. The van der Waals surface area contributed by atoms with Crippen LogP contribution >= 0.6 is 0 Å². The fourth-order valence-corrected chi connectivity index (χ4v) is 3.51. The molecule has 0 aromatic heterocycles. The van der Waals surface area contributed by atoms with E-state index in [4.69, 9.17) is 4.74 Å². The van der Waals surface area contributed by atoms with Crippen molar-refractivity contribution in [2.75, 3.05) is 6.54 Å². The Morgan fingerprint density at radius 2 is 1.79 bits per heavy atom. The molecule has 0 fully saturated rings. The van der Waals surface area contributed by atoms with Gasteiger partial charge >= 0.3 is 0 Å². The lowest BCUT2D eigenvalue weighted by molar-refractivity contribution is 0.0723. The zero-order valence-corrected chi connectivity index (χ0v) is 15.8. The van der Waals surface area contributed by atoms with Crippen LogP contribution in [-0.2, 0) is 19.6 Å². The third kappa shape index (κ3) is 3.77. The molecule has 0 unspecified atom stereocenters. The van der Waals surface area contributed by atoms with Crippen LogP contribution in [0.15, 0.2) is 66.7 Å². The summed E-state index contributed by atoms with van der Waals surface area (Å²) in [5.41, 5.74) is 4.41. The lowest BCUT2D eigenvalue weighted by Gasteiger charge is -2.29. The number of hydrogen-bond donors (Lipinski definition) is 0. The van der Waals surface area contributed by atoms with Crippen LogP contribution in [0.25, 0.3) is 0 Å². The van der Waals surface area contributed by atoms with E-state index in [2.05, 4.69) is 19.1 Å². The molecule has 0 saturated heterocycles. The quantitative estimate of drug-likeness (QED) is 0.634. The molecule has 1 aliphatic rings. The maximum atomic E-state index is 14.0. The molecule has 1 aliphatic heterocycles. The molecule has 3 aromatic rings. The average Bonchev–Trinajstić information content (AvgIpc) is 2.71. The molecule has 4 heteroatoms. The van der Waals surface area contributed by atoms with Gasteiger partial charge in [-0.15, -0.1) is 0 Å². The Balaban J connectivity index is 1.51. The van der Waals surface area contributed by atoms with Crippen LogP contribution in [-0.4, -0.2) is 17.4 Å². The van der Waals surface area contributed by atoms with Crippen molar-refractivity contribution < 1.29 is 13.9 Å². The van der Waals surface area contributed by atoms with Crippen LogP contribution in [0.1, 0.15) is 32.6 Å². The SMILES string of the molecule is Cc1ccc(COc2cccc3c2CCN(Cc2ccccc2F)C3=O)cc1. The van der Waals surface area contributed by atoms with Gasteiger partial charge in [-0.3, -0.25) is 4.79 Å². The Morgan fingerprint density at radius 1 is 1.00 bits per heavy atom. The fraction of sp³-hybridized carbons (Fsp3) is 0.208. The Labute approximate surface area is 164 Å². The van der Waals surface area contributed by atoms with E-state index in [-0.39, 0.29) is 18.3 Å². The summed E-state index contributed by atoms with van der Waals surface area (Å²) in [6.45, 7) is 3.34. The van der Waals surface area contributed by atoms with E-state index in [1.165, 1.54) is 11.6 Å². The Morgan fingerprint density at radius 3 is 2.57 bits per heavy atom. The first-order valence-electron chi connectivity index (χ1n) is 9.45. The number of halogens is 1. The van der Waals surface area contributed by atoms with Gasteiger partial charge in [0.1, 0.15) is 18.2 Å². The highest BCUT2D eigenvalue weighted by molar-refractivity contribution is 5.97. The van der Waals surface area contributed by atoms with E-state index >= 15 is 0 Å². The van der Waals surface area contributed by atoms with Crippen LogP contribution < -0.4 is 4.74 Å². The third-order valence-electron chi connectivity index (χ3n) is 5.12. The Hall–Kier alpha value is -3.14. The van der Waals surface area contributed by atoms with Gasteiger partial charge in [0.05, 0.1) is 0 Å². The molecule has 0 atom stereocenters. The first kappa shape index (κ1) is 18.2. The van der Waals surface area contributed by atoms with Gasteiger partial charge in [-0.25, -0.2) is 4.39 Å². The highest BCUT2D eigenvalue weighted by Gasteiger charge is 2.27. The predicted molar refractivity (Wildman–Crippen MR) is 107 cm³/mol. The number of fused-ring (bicyclic) bond motifs is 1. The van der Waals surface area contributed by atoms with Gasteiger partial charge in [0.25, 0.3) is 5.91 Å². The van der Waals surface area contributed by atoms with Crippen molar-refractivity contribution in [3.63, 3.8) is 0 Å². The van der Waals surface area contributed by atoms with E-state index in [1.54, 1.807) is 23.1 Å². The number of benzene rings is 3. The fourth-order valence-electron chi connectivity index (χ4n) is 3.51. The number of aryl methyl sites for hydroxylation is 1. The predicted octanol–water partition coefficient (Wildman–Crippen LogP) is 4.91.